The van der Waals surface area contributed by atoms with Gasteiger partial charge in [0.25, 0.3) is 11.8 Å². The van der Waals surface area contributed by atoms with Gasteiger partial charge in [-0.25, -0.2) is 4.79 Å². The molecule has 0 bridgehead atoms. The lowest BCUT2D eigenvalue weighted by atomic mass is 10.0. The highest BCUT2D eigenvalue weighted by molar-refractivity contribution is 5.99. The molecule has 7 heteroatoms. The fourth-order valence-electron chi connectivity index (χ4n) is 1.96. The molecular formula is C17H24N2O5. The maximum atomic E-state index is 12.5. The second-order valence-corrected chi connectivity index (χ2v) is 5.61. The van der Waals surface area contributed by atoms with Crippen molar-refractivity contribution in [3.05, 3.63) is 29.8 Å². The fraction of sp³-hybridized carbons (Fsp3) is 0.471. The standard InChI is InChI=1S/C17H24N2O5/c1-5-23-13-9-7-6-8-12(13)16(21)19-14(10(2)3)17(22)24-11(4)15(18)20/h6-11,14H,5H2,1-4H3,(H2,18,20)(H,19,21)/t11-,14+/m1/s1. The molecule has 0 radical (unpaired) electrons. The van der Waals surface area contributed by atoms with Crippen molar-refractivity contribution in [1.29, 1.82) is 0 Å². The van der Waals surface area contributed by atoms with Crippen molar-refractivity contribution in [2.75, 3.05) is 6.61 Å². The van der Waals surface area contributed by atoms with Crippen LogP contribution in [-0.2, 0) is 14.3 Å². The number of rotatable bonds is 8. The van der Waals surface area contributed by atoms with Crippen LogP contribution >= 0.6 is 0 Å². The van der Waals surface area contributed by atoms with Crippen molar-refractivity contribution in [2.24, 2.45) is 11.7 Å². The third-order valence-electron chi connectivity index (χ3n) is 3.33. The number of esters is 1. The normalized spacial score (nSPS) is 13.0. The first-order valence-corrected chi connectivity index (χ1v) is 7.80. The fourth-order valence-corrected chi connectivity index (χ4v) is 1.96. The maximum absolute atomic E-state index is 12.5. The molecule has 0 heterocycles. The van der Waals surface area contributed by atoms with E-state index in [2.05, 4.69) is 5.32 Å². The summed E-state index contributed by atoms with van der Waals surface area (Å²) in [5, 5.41) is 2.63. The lowest BCUT2D eigenvalue weighted by Gasteiger charge is -2.22. The molecule has 24 heavy (non-hydrogen) atoms. The number of primary amides is 1. The monoisotopic (exact) mass is 336 g/mol. The third kappa shape index (κ3) is 5.26. The molecule has 0 aromatic heterocycles. The van der Waals surface area contributed by atoms with Crippen molar-refractivity contribution < 1.29 is 23.9 Å². The molecule has 2 amide bonds. The molecule has 0 aliphatic rings. The molecule has 0 aliphatic carbocycles. The van der Waals surface area contributed by atoms with E-state index in [0.717, 1.165) is 0 Å². The number of benzene rings is 1. The predicted octanol–water partition coefficient (Wildman–Crippen LogP) is 1.26. The van der Waals surface area contributed by atoms with Crippen LogP contribution in [0.15, 0.2) is 24.3 Å². The van der Waals surface area contributed by atoms with Crippen molar-refractivity contribution in [2.45, 2.75) is 39.8 Å². The molecule has 0 fully saturated rings. The minimum absolute atomic E-state index is 0.235. The van der Waals surface area contributed by atoms with Gasteiger partial charge in [-0.05, 0) is 31.9 Å². The van der Waals surface area contributed by atoms with E-state index in [9.17, 15) is 14.4 Å². The van der Waals surface area contributed by atoms with Gasteiger partial charge in [-0.3, -0.25) is 9.59 Å². The number of hydrogen-bond donors (Lipinski definition) is 2. The topological polar surface area (TPSA) is 108 Å². The Kier molecular flexibility index (Phi) is 7.23. The number of ether oxygens (including phenoxy) is 2. The zero-order valence-electron chi connectivity index (χ0n) is 14.4. The Morgan fingerprint density at radius 2 is 1.79 bits per heavy atom. The molecular weight excluding hydrogens is 312 g/mol. The predicted molar refractivity (Wildman–Crippen MR) is 88.5 cm³/mol. The summed E-state index contributed by atoms with van der Waals surface area (Å²) >= 11 is 0. The zero-order chi connectivity index (χ0) is 18.3. The SMILES string of the molecule is CCOc1ccccc1C(=O)N[C@H](C(=O)O[C@H](C)C(N)=O)C(C)C. The molecule has 1 aromatic carbocycles. The largest absolute Gasteiger partial charge is 0.493 e. The molecule has 132 valence electrons. The van der Waals surface area contributed by atoms with E-state index in [1.54, 1.807) is 38.1 Å². The van der Waals surface area contributed by atoms with E-state index in [1.165, 1.54) is 6.92 Å². The van der Waals surface area contributed by atoms with Crippen molar-refractivity contribution in [3.63, 3.8) is 0 Å². The highest BCUT2D eigenvalue weighted by Gasteiger charge is 2.29. The Labute approximate surface area is 141 Å². The number of amides is 2. The first kappa shape index (κ1) is 19.5. The van der Waals surface area contributed by atoms with E-state index in [4.69, 9.17) is 15.2 Å². The Hall–Kier alpha value is -2.57. The molecule has 1 aromatic rings. The smallest absolute Gasteiger partial charge is 0.329 e. The molecule has 0 spiro atoms. The Morgan fingerprint density at radius 3 is 2.33 bits per heavy atom. The lowest BCUT2D eigenvalue weighted by molar-refractivity contribution is -0.156. The molecule has 0 saturated carbocycles. The first-order valence-electron chi connectivity index (χ1n) is 7.80. The van der Waals surface area contributed by atoms with Gasteiger partial charge >= 0.3 is 5.97 Å². The van der Waals surface area contributed by atoms with Crippen LogP contribution in [0.2, 0.25) is 0 Å². The van der Waals surface area contributed by atoms with Crippen LogP contribution < -0.4 is 15.8 Å². The quantitative estimate of drug-likeness (QED) is 0.695. The highest BCUT2D eigenvalue weighted by Crippen LogP contribution is 2.18. The molecule has 1 rings (SSSR count). The van der Waals surface area contributed by atoms with Gasteiger partial charge in [-0.15, -0.1) is 0 Å². The third-order valence-corrected chi connectivity index (χ3v) is 3.33. The molecule has 7 nitrogen and oxygen atoms in total. The van der Waals surface area contributed by atoms with E-state index >= 15 is 0 Å². The van der Waals surface area contributed by atoms with Gasteiger partial charge in [0.2, 0.25) is 0 Å². The molecule has 2 atom stereocenters. The van der Waals surface area contributed by atoms with Gasteiger partial charge in [0.15, 0.2) is 6.10 Å². The number of carbonyl (C=O) groups is 3. The summed E-state index contributed by atoms with van der Waals surface area (Å²) in [7, 11) is 0. The minimum atomic E-state index is -1.06. The molecule has 0 unspecified atom stereocenters. The van der Waals surface area contributed by atoms with Crippen molar-refractivity contribution in [1.82, 2.24) is 5.32 Å². The Morgan fingerprint density at radius 1 is 1.17 bits per heavy atom. The maximum Gasteiger partial charge on any atom is 0.329 e. The van der Waals surface area contributed by atoms with Gasteiger partial charge in [0, 0.05) is 0 Å². The number of nitrogens with one attached hydrogen (secondary N) is 1. The summed E-state index contributed by atoms with van der Waals surface area (Å²) in [6, 6.07) is 5.83. The summed E-state index contributed by atoms with van der Waals surface area (Å²) in [5.74, 6) is -1.72. The minimum Gasteiger partial charge on any atom is -0.493 e. The van der Waals surface area contributed by atoms with Crippen molar-refractivity contribution >= 4 is 17.8 Å². The van der Waals surface area contributed by atoms with Gasteiger partial charge in [-0.2, -0.15) is 0 Å². The number of hydrogen-bond acceptors (Lipinski definition) is 5. The average molecular weight is 336 g/mol. The van der Waals surface area contributed by atoms with Crippen LogP contribution in [0.25, 0.3) is 0 Å². The lowest BCUT2D eigenvalue weighted by Crippen LogP contribution is -2.47. The number of carbonyl (C=O) groups excluding carboxylic acids is 3. The van der Waals surface area contributed by atoms with E-state index in [0.29, 0.717) is 17.9 Å². The number of nitrogens with two attached hydrogens (primary N) is 1. The van der Waals surface area contributed by atoms with Gasteiger partial charge in [-0.1, -0.05) is 26.0 Å². The average Bonchev–Trinajstić information content (AvgIpc) is 2.52. The molecule has 0 saturated heterocycles. The van der Waals surface area contributed by atoms with Gasteiger partial charge < -0.3 is 20.5 Å². The molecule has 3 N–H and O–H groups in total. The number of para-hydroxylation sites is 1. The molecule has 0 aliphatic heterocycles. The van der Waals surface area contributed by atoms with Crippen LogP contribution in [0, 0.1) is 5.92 Å². The second kappa shape index (κ2) is 8.90. The van der Waals surface area contributed by atoms with E-state index < -0.39 is 29.9 Å². The second-order valence-electron chi connectivity index (χ2n) is 5.61. The first-order chi connectivity index (χ1) is 11.3. The van der Waals surface area contributed by atoms with Crippen LogP contribution in [0.5, 0.6) is 5.75 Å². The van der Waals surface area contributed by atoms with Crippen molar-refractivity contribution in [3.8, 4) is 5.75 Å². The zero-order valence-corrected chi connectivity index (χ0v) is 14.4. The summed E-state index contributed by atoms with van der Waals surface area (Å²) in [4.78, 5) is 35.7. The summed E-state index contributed by atoms with van der Waals surface area (Å²) in [5.41, 5.74) is 5.41. The van der Waals surface area contributed by atoms with E-state index in [1.807, 2.05) is 6.92 Å². The van der Waals surface area contributed by atoms with E-state index in [-0.39, 0.29) is 5.92 Å². The summed E-state index contributed by atoms with van der Waals surface area (Å²) in [6.07, 6.45) is -1.06. The van der Waals surface area contributed by atoms with Crippen LogP contribution in [0.3, 0.4) is 0 Å². The Balaban J connectivity index is 2.91. The van der Waals surface area contributed by atoms with Crippen LogP contribution in [0.4, 0.5) is 0 Å². The van der Waals surface area contributed by atoms with Gasteiger partial charge in [0.1, 0.15) is 11.8 Å². The van der Waals surface area contributed by atoms with Gasteiger partial charge in [0.05, 0.1) is 12.2 Å². The Bertz CT molecular complexity index is 600. The van der Waals surface area contributed by atoms with Crippen LogP contribution in [0.1, 0.15) is 38.1 Å². The van der Waals surface area contributed by atoms with Crippen LogP contribution in [-0.4, -0.2) is 36.5 Å². The summed E-state index contributed by atoms with van der Waals surface area (Å²) < 4.78 is 10.4. The summed E-state index contributed by atoms with van der Waals surface area (Å²) in [6.45, 7) is 7.12. The highest BCUT2D eigenvalue weighted by atomic mass is 16.5.